The first-order chi connectivity index (χ1) is 8.81. The maximum absolute atomic E-state index is 5.69. The lowest BCUT2D eigenvalue weighted by molar-refractivity contribution is 0.305. The molecule has 0 aliphatic heterocycles. The topological polar surface area (TPSA) is 44.5 Å². The van der Waals surface area contributed by atoms with Crippen LogP contribution in [0.5, 0.6) is 11.5 Å². The van der Waals surface area contributed by atoms with Crippen LogP contribution in [0.2, 0.25) is 0 Å². The maximum Gasteiger partial charge on any atom is 0.119 e. The Kier molecular flexibility index (Phi) is 6.19. The summed E-state index contributed by atoms with van der Waals surface area (Å²) in [6.07, 6.45) is 0. The van der Waals surface area contributed by atoms with Crippen LogP contribution in [-0.2, 0) is 13.2 Å². The van der Waals surface area contributed by atoms with Crippen LogP contribution in [0.25, 0.3) is 0 Å². The first-order valence-electron chi connectivity index (χ1n) is 5.86. The minimum Gasteiger partial charge on any atom is -0.497 e. The van der Waals surface area contributed by atoms with Crippen LogP contribution in [0, 0.1) is 0 Å². The average Bonchev–Trinajstić information content (AvgIpc) is 2.46. The highest BCUT2D eigenvalue weighted by atomic mass is 35.5. The molecule has 0 radical (unpaired) electrons. The summed E-state index contributed by atoms with van der Waals surface area (Å²) < 4.78 is 10.9. The molecule has 0 saturated heterocycles. The Morgan fingerprint density at radius 3 is 2.32 bits per heavy atom. The SMILES string of the molecule is COc1cccc(COc2ccc(CN)cc2)c1.Cl. The van der Waals surface area contributed by atoms with Crippen molar-refractivity contribution in [1.29, 1.82) is 0 Å². The molecular weight excluding hydrogens is 262 g/mol. The highest BCUT2D eigenvalue weighted by Crippen LogP contribution is 2.16. The van der Waals surface area contributed by atoms with E-state index in [4.69, 9.17) is 15.2 Å². The standard InChI is InChI=1S/C15H17NO2.ClH/c1-17-15-4-2-3-13(9-15)11-18-14-7-5-12(10-16)6-8-14;/h2-9H,10-11,16H2,1H3;1H. The van der Waals surface area contributed by atoms with Crippen LogP contribution in [0.4, 0.5) is 0 Å². The van der Waals surface area contributed by atoms with E-state index in [2.05, 4.69) is 0 Å². The molecule has 2 rings (SSSR count). The van der Waals surface area contributed by atoms with Crippen LogP contribution in [0.1, 0.15) is 11.1 Å². The number of halogens is 1. The minimum absolute atomic E-state index is 0. The minimum atomic E-state index is 0. The van der Waals surface area contributed by atoms with Gasteiger partial charge in [0.25, 0.3) is 0 Å². The van der Waals surface area contributed by atoms with Gasteiger partial charge in [-0.2, -0.15) is 0 Å². The van der Waals surface area contributed by atoms with E-state index in [9.17, 15) is 0 Å². The Morgan fingerprint density at radius 2 is 1.68 bits per heavy atom. The van der Waals surface area contributed by atoms with Crippen molar-refractivity contribution in [3.63, 3.8) is 0 Å². The van der Waals surface area contributed by atoms with Crippen molar-refractivity contribution in [3.05, 3.63) is 59.7 Å². The fraction of sp³-hybridized carbons (Fsp3) is 0.200. The van der Waals surface area contributed by atoms with Crippen molar-refractivity contribution in [1.82, 2.24) is 0 Å². The van der Waals surface area contributed by atoms with E-state index in [1.165, 1.54) is 0 Å². The molecule has 19 heavy (non-hydrogen) atoms. The fourth-order valence-corrected chi connectivity index (χ4v) is 1.65. The molecule has 0 aliphatic rings. The molecule has 0 amide bonds. The van der Waals surface area contributed by atoms with Gasteiger partial charge in [0.1, 0.15) is 18.1 Å². The third kappa shape index (κ3) is 4.47. The van der Waals surface area contributed by atoms with E-state index in [1.807, 2.05) is 48.5 Å². The van der Waals surface area contributed by atoms with E-state index in [-0.39, 0.29) is 12.4 Å². The monoisotopic (exact) mass is 279 g/mol. The number of benzene rings is 2. The first-order valence-corrected chi connectivity index (χ1v) is 5.86. The summed E-state index contributed by atoms with van der Waals surface area (Å²) in [5, 5.41) is 0. The summed E-state index contributed by atoms with van der Waals surface area (Å²) in [5.74, 6) is 1.68. The van der Waals surface area contributed by atoms with Crippen LogP contribution in [0.3, 0.4) is 0 Å². The normalized spacial score (nSPS) is 9.58. The Morgan fingerprint density at radius 1 is 0.947 bits per heavy atom. The smallest absolute Gasteiger partial charge is 0.119 e. The molecule has 0 heterocycles. The van der Waals surface area contributed by atoms with Gasteiger partial charge in [-0.1, -0.05) is 24.3 Å². The van der Waals surface area contributed by atoms with E-state index in [1.54, 1.807) is 7.11 Å². The van der Waals surface area contributed by atoms with Crippen molar-refractivity contribution in [2.45, 2.75) is 13.2 Å². The summed E-state index contributed by atoms with van der Waals surface area (Å²) in [5.41, 5.74) is 7.72. The van der Waals surface area contributed by atoms with Gasteiger partial charge in [-0.3, -0.25) is 0 Å². The van der Waals surface area contributed by atoms with Gasteiger partial charge in [0, 0.05) is 6.54 Å². The Labute approximate surface area is 119 Å². The third-order valence-corrected chi connectivity index (χ3v) is 2.70. The number of ether oxygens (including phenoxy) is 2. The van der Waals surface area contributed by atoms with E-state index in [0.717, 1.165) is 22.6 Å². The second-order valence-electron chi connectivity index (χ2n) is 3.99. The zero-order valence-electron chi connectivity index (χ0n) is 10.8. The largest absolute Gasteiger partial charge is 0.497 e. The highest BCUT2D eigenvalue weighted by Gasteiger charge is 1.98. The lowest BCUT2D eigenvalue weighted by Crippen LogP contribution is -1.98. The number of hydrogen-bond donors (Lipinski definition) is 1. The van der Waals surface area contributed by atoms with Gasteiger partial charge in [-0.15, -0.1) is 12.4 Å². The molecule has 0 saturated carbocycles. The van der Waals surface area contributed by atoms with E-state index < -0.39 is 0 Å². The fourth-order valence-electron chi connectivity index (χ4n) is 1.65. The number of methoxy groups -OCH3 is 1. The Balaban J connectivity index is 0.00000180. The van der Waals surface area contributed by atoms with Crippen molar-refractivity contribution in [2.75, 3.05) is 7.11 Å². The summed E-state index contributed by atoms with van der Waals surface area (Å²) >= 11 is 0. The molecule has 2 N–H and O–H groups in total. The third-order valence-electron chi connectivity index (χ3n) is 2.70. The van der Waals surface area contributed by atoms with Crippen LogP contribution in [-0.4, -0.2) is 7.11 Å². The molecule has 0 fully saturated rings. The summed E-state index contributed by atoms with van der Waals surface area (Å²) in [4.78, 5) is 0. The van der Waals surface area contributed by atoms with Gasteiger partial charge < -0.3 is 15.2 Å². The number of nitrogens with two attached hydrogens (primary N) is 1. The van der Waals surface area contributed by atoms with Gasteiger partial charge in [0.05, 0.1) is 7.11 Å². The summed E-state index contributed by atoms with van der Waals surface area (Å²) in [6.45, 7) is 1.08. The van der Waals surface area contributed by atoms with Gasteiger partial charge in [0.2, 0.25) is 0 Å². The highest BCUT2D eigenvalue weighted by molar-refractivity contribution is 5.85. The predicted octanol–water partition coefficient (Wildman–Crippen LogP) is 3.15. The molecule has 2 aromatic rings. The van der Waals surface area contributed by atoms with E-state index in [0.29, 0.717) is 13.2 Å². The summed E-state index contributed by atoms with van der Waals surface area (Å²) in [7, 11) is 1.66. The number of hydrogen-bond acceptors (Lipinski definition) is 3. The molecule has 0 spiro atoms. The Bertz CT molecular complexity index is 500. The molecule has 102 valence electrons. The molecule has 4 heteroatoms. The molecule has 0 bridgehead atoms. The molecule has 2 aromatic carbocycles. The van der Waals surface area contributed by atoms with Gasteiger partial charge >= 0.3 is 0 Å². The predicted molar refractivity (Wildman–Crippen MR) is 78.9 cm³/mol. The first kappa shape index (κ1) is 15.3. The molecular formula is C15H18ClNO2. The van der Waals surface area contributed by atoms with Crippen LogP contribution >= 0.6 is 12.4 Å². The van der Waals surface area contributed by atoms with Crippen molar-refractivity contribution >= 4 is 12.4 Å². The van der Waals surface area contributed by atoms with Gasteiger partial charge in [-0.05, 0) is 35.4 Å². The molecule has 0 atom stereocenters. The van der Waals surface area contributed by atoms with E-state index >= 15 is 0 Å². The average molecular weight is 280 g/mol. The zero-order valence-corrected chi connectivity index (χ0v) is 11.7. The Hall–Kier alpha value is -1.71. The summed E-state index contributed by atoms with van der Waals surface area (Å²) in [6, 6.07) is 15.7. The van der Waals surface area contributed by atoms with Gasteiger partial charge in [-0.25, -0.2) is 0 Å². The van der Waals surface area contributed by atoms with Crippen molar-refractivity contribution < 1.29 is 9.47 Å². The van der Waals surface area contributed by atoms with Crippen molar-refractivity contribution in [2.24, 2.45) is 5.73 Å². The van der Waals surface area contributed by atoms with Gasteiger partial charge in [0.15, 0.2) is 0 Å². The molecule has 0 aliphatic carbocycles. The number of rotatable bonds is 5. The molecule has 0 aromatic heterocycles. The molecule has 3 nitrogen and oxygen atoms in total. The lowest BCUT2D eigenvalue weighted by atomic mass is 10.2. The quantitative estimate of drug-likeness (QED) is 0.914. The second-order valence-corrected chi connectivity index (χ2v) is 3.99. The lowest BCUT2D eigenvalue weighted by Gasteiger charge is -2.08. The molecule has 0 unspecified atom stereocenters. The zero-order chi connectivity index (χ0) is 12.8. The van der Waals surface area contributed by atoms with Crippen LogP contribution in [0.15, 0.2) is 48.5 Å². The maximum atomic E-state index is 5.69. The van der Waals surface area contributed by atoms with Crippen molar-refractivity contribution in [3.8, 4) is 11.5 Å². The second kappa shape index (κ2) is 7.67. The van der Waals surface area contributed by atoms with Crippen LogP contribution < -0.4 is 15.2 Å².